The first-order valence-corrected chi connectivity index (χ1v) is 9.40. The lowest BCUT2D eigenvalue weighted by Gasteiger charge is -2.25. The van der Waals surface area contributed by atoms with Gasteiger partial charge < -0.3 is 9.47 Å². The number of halogens is 1. The van der Waals surface area contributed by atoms with Crippen LogP contribution in [0.3, 0.4) is 0 Å². The standard InChI is InChI=1S/C17H27BrO5/c1-3-22-14(19)9-7-5-6-8-11-17(16(21)23-4-2)12-10-13(18)15(17)20/h13H,3-12H2,1-2H3. The Morgan fingerprint density at radius 3 is 2.35 bits per heavy atom. The zero-order valence-corrected chi connectivity index (χ0v) is 15.7. The summed E-state index contributed by atoms with van der Waals surface area (Å²) < 4.78 is 10.0. The Morgan fingerprint density at radius 1 is 1.13 bits per heavy atom. The highest BCUT2D eigenvalue weighted by atomic mass is 79.9. The zero-order chi connectivity index (χ0) is 17.3. The van der Waals surface area contributed by atoms with E-state index >= 15 is 0 Å². The van der Waals surface area contributed by atoms with Gasteiger partial charge >= 0.3 is 11.9 Å². The third-order valence-electron chi connectivity index (χ3n) is 4.29. The SMILES string of the molecule is CCOC(=O)CCCCCCC1(C(=O)OCC)CCC(Br)C1=O. The Bertz CT molecular complexity index is 423. The fraction of sp³-hybridized carbons (Fsp3) is 0.824. The van der Waals surface area contributed by atoms with Crippen molar-refractivity contribution in [1.82, 2.24) is 0 Å². The van der Waals surface area contributed by atoms with E-state index in [0.29, 0.717) is 38.9 Å². The van der Waals surface area contributed by atoms with Crippen LogP contribution in [0.2, 0.25) is 0 Å². The number of hydrogen-bond acceptors (Lipinski definition) is 5. The van der Waals surface area contributed by atoms with E-state index in [9.17, 15) is 14.4 Å². The second kappa shape index (κ2) is 10.1. The van der Waals surface area contributed by atoms with Crippen LogP contribution in [-0.4, -0.2) is 35.8 Å². The van der Waals surface area contributed by atoms with Crippen molar-refractivity contribution in [1.29, 1.82) is 0 Å². The maximum Gasteiger partial charge on any atom is 0.319 e. The smallest absolute Gasteiger partial charge is 0.319 e. The molecule has 0 N–H and O–H groups in total. The van der Waals surface area contributed by atoms with Gasteiger partial charge in [-0.3, -0.25) is 14.4 Å². The van der Waals surface area contributed by atoms with E-state index in [1.165, 1.54) is 0 Å². The summed E-state index contributed by atoms with van der Waals surface area (Å²) in [5.74, 6) is -0.579. The van der Waals surface area contributed by atoms with E-state index in [1.807, 2.05) is 0 Å². The number of rotatable bonds is 10. The molecule has 1 aliphatic rings. The number of alkyl halides is 1. The lowest BCUT2D eigenvalue weighted by atomic mass is 9.80. The van der Waals surface area contributed by atoms with Crippen molar-refractivity contribution in [2.75, 3.05) is 13.2 Å². The van der Waals surface area contributed by atoms with Gasteiger partial charge in [0, 0.05) is 6.42 Å². The molecule has 0 heterocycles. The average molecular weight is 391 g/mol. The fourth-order valence-electron chi connectivity index (χ4n) is 3.03. The van der Waals surface area contributed by atoms with Crippen molar-refractivity contribution in [3.63, 3.8) is 0 Å². The predicted octanol–water partition coefficient (Wildman–Crippen LogP) is 3.57. The van der Waals surface area contributed by atoms with E-state index < -0.39 is 5.41 Å². The first kappa shape index (κ1) is 20.1. The van der Waals surface area contributed by atoms with Crippen LogP contribution < -0.4 is 0 Å². The van der Waals surface area contributed by atoms with Crippen LogP contribution in [-0.2, 0) is 23.9 Å². The molecule has 2 unspecified atom stereocenters. The number of unbranched alkanes of at least 4 members (excludes halogenated alkanes) is 3. The summed E-state index contributed by atoms with van der Waals surface area (Å²) in [5, 5.41) is 0. The summed E-state index contributed by atoms with van der Waals surface area (Å²) >= 11 is 3.35. The van der Waals surface area contributed by atoms with E-state index in [0.717, 1.165) is 25.7 Å². The largest absolute Gasteiger partial charge is 0.466 e. The minimum Gasteiger partial charge on any atom is -0.466 e. The summed E-state index contributed by atoms with van der Waals surface area (Å²) in [6.45, 7) is 4.26. The van der Waals surface area contributed by atoms with E-state index in [4.69, 9.17) is 9.47 Å². The topological polar surface area (TPSA) is 69.7 Å². The third-order valence-corrected chi connectivity index (χ3v) is 5.16. The molecular weight excluding hydrogens is 364 g/mol. The van der Waals surface area contributed by atoms with Gasteiger partial charge in [-0.05, 0) is 39.5 Å². The quantitative estimate of drug-likeness (QED) is 0.247. The monoisotopic (exact) mass is 390 g/mol. The number of hydrogen-bond donors (Lipinski definition) is 0. The predicted molar refractivity (Wildman–Crippen MR) is 90.4 cm³/mol. The summed E-state index contributed by atoms with van der Waals surface area (Å²) in [6.07, 6.45) is 5.55. The van der Waals surface area contributed by atoms with Crippen LogP contribution in [0.4, 0.5) is 0 Å². The number of ether oxygens (including phenoxy) is 2. The molecule has 1 saturated carbocycles. The molecule has 1 fully saturated rings. The number of ketones is 1. The molecule has 1 rings (SSSR count). The minimum absolute atomic E-state index is 0.0394. The maximum absolute atomic E-state index is 12.4. The lowest BCUT2D eigenvalue weighted by Crippen LogP contribution is -2.38. The van der Waals surface area contributed by atoms with Crippen molar-refractivity contribution in [2.45, 2.75) is 70.0 Å². The normalized spacial score (nSPS) is 23.8. The Balaban J connectivity index is 2.40. The molecule has 0 aliphatic heterocycles. The third kappa shape index (κ3) is 5.59. The van der Waals surface area contributed by atoms with Gasteiger partial charge in [0.25, 0.3) is 0 Å². The Labute approximate surface area is 146 Å². The van der Waals surface area contributed by atoms with Gasteiger partial charge in [0.1, 0.15) is 5.41 Å². The van der Waals surface area contributed by atoms with Crippen LogP contribution in [0, 0.1) is 5.41 Å². The average Bonchev–Trinajstić information content (AvgIpc) is 2.80. The molecule has 0 radical (unpaired) electrons. The van der Waals surface area contributed by atoms with Crippen molar-refractivity contribution >= 4 is 33.7 Å². The van der Waals surface area contributed by atoms with Gasteiger partial charge in [-0.1, -0.05) is 35.2 Å². The van der Waals surface area contributed by atoms with Gasteiger partial charge in [-0.25, -0.2) is 0 Å². The summed E-state index contributed by atoms with van der Waals surface area (Å²) in [4.78, 5) is 35.7. The number of carbonyl (C=O) groups excluding carboxylic acids is 3. The molecule has 0 aromatic rings. The van der Waals surface area contributed by atoms with Gasteiger partial charge in [0.15, 0.2) is 5.78 Å². The number of esters is 2. The number of carbonyl (C=O) groups is 3. The molecule has 5 nitrogen and oxygen atoms in total. The van der Waals surface area contributed by atoms with Crippen LogP contribution in [0.25, 0.3) is 0 Å². The van der Waals surface area contributed by atoms with Gasteiger partial charge in [0.2, 0.25) is 0 Å². The van der Waals surface area contributed by atoms with Crippen molar-refractivity contribution in [2.24, 2.45) is 5.41 Å². The van der Waals surface area contributed by atoms with E-state index in [2.05, 4.69) is 15.9 Å². The van der Waals surface area contributed by atoms with Crippen LogP contribution in [0.1, 0.15) is 65.2 Å². The second-order valence-electron chi connectivity index (χ2n) is 5.89. The van der Waals surface area contributed by atoms with E-state index in [-0.39, 0.29) is 22.5 Å². The van der Waals surface area contributed by atoms with Crippen molar-refractivity contribution < 1.29 is 23.9 Å². The minimum atomic E-state index is -0.967. The second-order valence-corrected chi connectivity index (χ2v) is 7.00. The van der Waals surface area contributed by atoms with Crippen LogP contribution in [0.15, 0.2) is 0 Å². The van der Waals surface area contributed by atoms with Gasteiger partial charge in [-0.2, -0.15) is 0 Å². The molecule has 6 heteroatoms. The molecule has 132 valence electrons. The molecule has 2 atom stereocenters. The maximum atomic E-state index is 12.4. The number of Topliss-reactive ketones (excluding diaryl/α,β-unsaturated/α-hetero) is 1. The lowest BCUT2D eigenvalue weighted by molar-refractivity contribution is -0.159. The molecular formula is C17H27BrO5. The van der Waals surface area contributed by atoms with Crippen molar-refractivity contribution in [3.8, 4) is 0 Å². The first-order chi connectivity index (χ1) is 11.0. The van der Waals surface area contributed by atoms with Gasteiger partial charge in [0.05, 0.1) is 18.0 Å². The molecule has 0 saturated heterocycles. The highest BCUT2D eigenvalue weighted by Gasteiger charge is 2.52. The highest BCUT2D eigenvalue weighted by molar-refractivity contribution is 9.10. The Hall–Kier alpha value is -0.910. The molecule has 0 bridgehead atoms. The molecule has 23 heavy (non-hydrogen) atoms. The Kier molecular flexibility index (Phi) is 8.81. The summed E-state index contributed by atoms with van der Waals surface area (Å²) in [7, 11) is 0. The molecule has 0 aromatic carbocycles. The highest BCUT2D eigenvalue weighted by Crippen LogP contribution is 2.43. The first-order valence-electron chi connectivity index (χ1n) is 8.49. The molecule has 1 aliphatic carbocycles. The zero-order valence-electron chi connectivity index (χ0n) is 14.1. The fourth-order valence-corrected chi connectivity index (χ4v) is 3.70. The molecule has 0 amide bonds. The Morgan fingerprint density at radius 2 is 1.78 bits per heavy atom. The summed E-state index contributed by atoms with van der Waals surface area (Å²) in [6, 6.07) is 0. The molecule has 0 spiro atoms. The van der Waals surface area contributed by atoms with Crippen LogP contribution >= 0.6 is 15.9 Å². The van der Waals surface area contributed by atoms with Crippen molar-refractivity contribution in [3.05, 3.63) is 0 Å². The van der Waals surface area contributed by atoms with Gasteiger partial charge in [-0.15, -0.1) is 0 Å². The summed E-state index contributed by atoms with van der Waals surface area (Å²) in [5.41, 5.74) is -0.967. The molecule has 0 aromatic heterocycles. The van der Waals surface area contributed by atoms with E-state index in [1.54, 1.807) is 13.8 Å². The van der Waals surface area contributed by atoms with Crippen LogP contribution in [0.5, 0.6) is 0 Å².